The third-order valence-electron chi connectivity index (χ3n) is 6.24. The lowest BCUT2D eigenvalue weighted by atomic mass is 9.89. The van der Waals surface area contributed by atoms with Crippen molar-refractivity contribution in [2.75, 3.05) is 9.80 Å². The summed E-state index contributed by atoms with van der Waals surface area (Å²) in [5.41, 5.74) is 2.38. The van der Waals surface area contributed by atoms with Crippen molar-refractivity contribution in [2.45, 2.75) is 51.6 Å². The van der Waals surface area contributed by atoms with Crippen LogP contribution in [-0.2, 0) is 4.79 Å². The van der Waals surface area contributed by atoms with Gasteiger partial charge in [-0.1, -0.05) is 61.9 Å². The van der Waals surface area contributed by atoms with E-state index in [9.17, 15) is 9.59 Å². The SMILES string of the molecule is CCCCC(=O)N1c2ccccc2[C@@H](N(C(=O)c2ccccc2)c2ccccc2F)C[C@H]1C. The average molecular weight is 445 g/mol. The molecule has 5 heteroatoms. The van der Waals surface area contributed by atoms with Crippen LogP contribution in [0, 0.1) is 5.82 Å². The highest BCUT2D eigenvalue weighted by Crippen LogP contribution is 2.43. The van der Waals surface area contributed by atoms with Crippen LogP contribution in [0.1, 0.15) is 61.5 Å². The van der Waals surface area contributed by atoms with E-state index in [0.717, 1.165) is 24.1 Å². The molecule has 2 atom stereocenters. The number of rotatable bonds is 6. The topological polar surface area (TPSA) is 40.6 Å². The van der Waals surface area contributed by atoms with Gasteiger partial charge in [-0.15, -0.1) is 0 Å². The van der Waals surface area contributed by atoms with Crippen LogP contribution in [0.5, 0.6) is 0 Å². The number of amides is 2. The Kier molecular flexibility index (Phi) is 6.87. The molecule has 0 saturated carbocycles. The average Bonchev–Trinajstić information content (AvgIpc) is 2.84. The molecule has 1 aliphatic rings. The number of carbonyl (C=O) groups is 2. The molecule has 0 aromatic heterocycles. The fourth-order valence-corrected chi connectivity index (χ4v) is 4.64. The highest BCUT2D eigenvalue weighted by Gasteiger charge is 2.39. The largest absolute Gasteiger partial charge is 0.309 e. The first-order valence-corrected chi connectivity index (χ1v) is 11.6. The van der Waals surface area contributed by atoms with Gasteiger partial charge in [0.25, 0.3) is 5.91 Å². The lowest BCUT2D eigenvalue weighted by Crippen LogP contribution is -2.48. The standard InChI is InChI=1S/C28H29FN2O2/c1-3-4-18-27(32)30-20(2)19-26(22-14-8-10-16-24(22)30)31(25-17-11-9-15-23(25)29)28(33)21-12-6-5-7-13-21/h5-17,20,26H,3-4,18-19H2,1-2H3/t20-,26+/m1/s1. The van der Waals surface area contributed by atoms with Crippen molar-refractivity contribution in [2.24, 2.45) is 0 Å². The minimum Gasteiger partial charge on any atom is -0.309 e. The monoisotopic (exact) mass is 444 g/mol. The number of para-hydroxylation sites is 2. The summed E-state index contributed by atoms with van der Waals surface area (Å²) in [6.07, 6.45) is 2.79. The van der Waals surface area contributed by atoms with E-state index in [1.165, 1.54) is 6.07 Å². The second kappa shape index (κ2) is 9.99. The molecule has 0 unspecified atom stereocenters. The normalized spacial score (nSPS) is 17.4. The Morgan fingerprint density at radius 3 is 2.36 bits per heavy atom. The first kappa shape index (κ1) is 22.7. The van der Waals surface area contributed by atoms with E-state index >= 15 is 4.39 Å². The summed E-state index contributed by atoms with van der Waals surface area (Å²) in [7, 11) is 0. The number of nitrogens with zero attached hydrogens (tertiary/aromatic N) is 2. The van der Waals surface area contributed by atoms with Gasteiger partial charge in [-0.25, -0.2) is 4.39 Å². The zero-order valence-electron chi connectivity index (χ0n) is 19.1. The number of unbranched alkanes of at least 4 members (excludes halogenated alkanes) is 1. The molecule has 0 N–H and O–H groups in total. The molecule has 4 rings (SSSR count). The second-order valence-corrected chi connectivity index (χ2v) is 8.52. The van der Waals surface area contributed by atoms with Crippen molar-refractivity contribution in [3.05, 3.63) is 95.8 Å². The van der Waals surface area contributed by atoms with Crippen LogP contribution in [0.3, 0.4) is 0 Å². The molecule has 0 aliphatic carbocycles. The predicted octanol–water partition coefficient (Wildman–Crippen LogP) is 6.53. The highest BCUT2D eigenvalue weighted by molar-refractivity contribution is 6.07. The quantitative estimate of drug-likeness (QED) is 0.434. The van der Waals surface area contributed by atoms with E-state index in [1.54, 1.807) is 47.4 Å². The summed E-state index contributed by atoms with van der Waals surface area (Å²) >= 11 is 0. The molecule has 170 valence electrons. The van der Waals surface area contributed by atoms with E-state index in [4.69, 9.17) is 0 Å². The van der Waals surface area contributed by atoms with Gasteiger partial charge in [-0.3, -0.25) is 14.5 Å². The number of halogens is 1. The number of benzene rings is 3. The van der Waals surface area contributed by atoms with Gasteiger partial charge in [0.2, 0.25) is 5.91 Å². The van der Waals surface area contributed by atoms with Crippen LogP contribution in [0.4, 0.5) is 15.8 Å². The molecule has 3 aromatic rings. The maximum absolute atomic E-state index is 15.0. The van der Waals surface area contributed by atoms with E-state index in [1.807, 2.05) is 42.2 Å². The highest BCUT2D eigenvalue weighted by atomic mass is 19.1. The van der Waals surface area contributed by atoms with Crippen molar-refractivity contribution in [3.8, 4) is 0 Å². The predicted molar refractivity (Wildman–Crippen MR) is 130 cm³/mol. The van der Waals surface area contributed by atoms with Crippen molar-refractivity contribution in [1.29, 1.82) is 0 Å². The number of hydrogen-bond acceptors (Lipinski definition) is 2. The summed E-state index contributed by atoms with van der Waals surface area (Å²) in [6.45, 7) is 4.07. The van der Waals surface area contributed by atoms with Crippen LogP contribution in [0.15, 0.2) is 78.9 Å². The van der Waals surface area contributed by atoms with E-state index in [0.29, 0.717) is 18.4 Å². The summed E-state index contributed by atoms with van der Waals surface area (Å²) in [5.74, 6) is -0.631. The van der Waals surface area contributed by atoms with E-state index in [-0.39, 0.29) is 23.5 Å². The minimum absolute atomic E-state index is 0.0853. The van der Waals surface area contributed by atoms with Crippen molar-refractivity contribution in [1.82, 2.24) is 0 Å². The van der Waals surface area contributed by atoms with Crippen molar-refractivity contribution < 1.29 is 14.0 Å². The third-order valence-corrected chi connectivity index (χ3v) is 6.24. The number of hydrogen-bond donors (Lipinski definition) is 0. The van der Waals surface area contributed by atoms with Gasteiger partial charge in [0.1, 0.15) is 5.82 Å². The Hall–Kier alpha value is -3.47. The summed E-state index contributed by atoms with van der Waals surface area (Å²) < 4.78 is 15.0. The van der Waals surface area contributed by atoms with Crippen molar-refractivity contribution in [3.63, 3.8) is 0 Å². The van der Waals surface area contributed by atoms with Gasteiger partial charge in [-0.05, 0) is 55.7 Å². The molecule has 33 heavy (non-hydrogen) atoms. The molecule has 1 aliphatic heterocycles. The van der Waals surface area contributed by atoms with Crippen LogP contribution in [0.25, 0.3) is 0 Å². The molecule has 0 saturated heterocycles. The molecule has 0 spiro atoms. The van der Waals surface area contributed by atoms with Gasteiger partial charge < -0.3 is 4.90 Å². The molecule has 0 fully saturated rings. The number of carbonyl (C=O) groups excluding carboxylic acids is 2. The summed E-state index contributed by atoms with van der Waals surface area (Å²) in [6, 6.07) is 22.5. The zero-order valence-corrected chi connectivity index (χ0v) is 19.1. The van der Waals surface area contributed by atoms with Gasteiger partial charge in [-0.2, -0.15) is 0 Å². The maximum Gasteiger partial charge on any atom is 0.258 e. The Balaban J connectivity index is 1.82. The molecule has 4 nitrogen and oxygen atoms in total. The van der Waals surface area contributed by atoms with Gasteiger partial charge >= 0.3 is 0 Å². The minimum atomic E-state index is -0.451. The lowest BCUT2D eigenvalue weighted by Gasteiger charge is -2.43. The fraction of sp³-hybridized carbons (Fsp3) is 0.286. The van der Waals surface area contributed by atoms with Gasteiger partial charge in [0.05, 0.1) is 11.7 Å². The van der Waals surface area contributed by atoms with Gasteiger partial charge in [0.15, 0.2) is 0 Å². The smallest absolute Gasteiger partial charge is 0.258 e. The molecule has 3 aromatic carbocycles. The molecular weight excluding hydrogens is 415 g/mol. The first-order chi connectivity index (χ1) is 16.0. The Bertz CT molecular complexity index is 1130. The van der Waals surface area contributed by atoms with Gasteiger partial charge in [0, 0.05) is 23.7 Å². The Labute approximate surface area is 194 Å². The Morgan fingerprint density at radius 1 is 0.970 bits per heavy atom. The second-order valence-electron chi connectivity index (χ2n) is 8.52. The maximum atomic E-state index is 15.0. The Morgan fingerprint density at radius 2 is 1.64 bits per heavy atom. The number of anilines is 2. The molecular formula is C28H29FN2O2. The summed E-state index contributed by atoms with van der Waals surface area (Å²) in [4.78, 5) is 30.2. The first-order valence-electron chi connectivity index (χ1n) is 11.6. The molecule has 2 amide bonds. The van der Waals surface area contributed by atoms with E-state index < -0.39 is 11.9 Å². The van der Waals surface area contributed by atoms with Crippen LogP contribution in [-0.4, -0.2) is 17.9 Å². The zero-order chi connectivity index (χ0) is 23.4. The fourth-order valence-electron chi connectivity index (χ4n) is 4.64. The van der Waals surface area contributed by atoms with E-state index in [2.05, 4.69) is 6.92 Å². The van der Waals surface area contributed by atoms with Crippen molar-refractivity contribution >= 4 is 23.2 Å². The number of fused-ring (bicyclic) bond motifs is 1. The van der Waals surface area contributed by atoms with Crippen LogP contribution < -0.4 is 9.80 Å². The van der Waals surface area contributed by atoms with Crippen LogP contribution >= 0.6 is 0 Å². The molecule has 0 radical (unpaired) electrons. The summed E-state index contributed by atoms with van der Waals surface area (Å²) in [5, 5.41) is 0. The lowest BCUT2D eigenvalue weighted by molar-refractivity contribution is -0.119. The molecule has 0 bridgehead atoms. The third kappa shape index (κ3) is 4.54. The molecule has 1 heterocycles. The van der Waals surface area contributed by atoms with Crippen LogP contribution in [0.2, 0.25) is 0 Å².